The lowest BCUT2D eigenvalue weighted by molar-refractivity contribution is -0.142. The van der Waals surface area contributed by atoms with Crippen LogP contribution in [0.4, 0.5) is 26.3 Å². The zero-order chi connectivity index (χ0) is 25.2. The Balaban J connectivity index is 1.63. The third-order valence-corrected chi connectivity index (χ3v) is 5.55. The maximum absolute atomic E-state index is 15.0. The van der Waals surface area contributed by atoms with Crippen molar-refractivity contribution in [1.82, 2.24) is 0 Å². The van der Waals surface area contributed by atoms with E-state index in [-0.39, 0.29) is 11.1 Å². The van der Waals surface area contributed by atoms with Crippen LogP contribution in [0.25, 0.3) is 21.9 Å². The average molecular weight is 480 g/mol. The summed E-state index contributed by atoms with van der Waals surface area (Å²) in [5.74, 6) is 0.615. The van der Waals surface area contributed by atoms with Gasteiger partial charge in [0.2, 0.25) is 0 Å². The van der Waals surface area contributed by atoms with Crippen LogP contribution in [-0.4, -0.2) is 0 Å². The molecule has 0 saturated heterocycles. The second kappa shape index (κ2) is 9.71. The number of hydrogen-bond donors (Lipinski definition) is 0. The first kappa shape index (κ1) is 24.2. The summed E-state index contributed by atoms with van der Waals surface area (Å²) in [6.07, 6.45) is -1.51. The molecule has 6 heteroatoms. The van der Waals surface area contributed by atoms with E-state index in [1.165, 1.54) is 11.6 Å². The number of rotatable bonds is 4. The molecule has 0 saturated carbocycles. The Bertz CT molecular complexity index is 1440. The number of benzene rings is 4. The van der Waals surface area contributed by atoms with Gasteiger partial charge in [-0.05, 0) is 59.2 Å². The average Bonchev–Trinajstić information content (AvgIpc) is 2.81. The third-order valence-electron chi connectivity index (χ3n) is 5.55. The van der Waals surface area contributed by atoms with Gasteiger partial charge in [-0.3, -0.25) is 0 Å². The highest BCUT2D eigenvalue weighted by atomic mass is 19.4. The Labute approximate surface area is 198 Å². The minimum Gasteiger partial charge on any atom is -0.206 e. The van der Waals surface area contributed by atoms with Crippen LogP contribution in [0.5, 0.6) is 0 Å². The highest BCUT2D eigenvalue weighted by Gasteiger charge is 2.37. The van der Waals surface area contributed by atoms with Crippen LogP contribution < -0.4 is 0 Å². The van der Waals surface area contributed by atoms with Crippen LogP contribution in [0, 0.1) is 29.3 Å². The molecule has 0 amide bonds. The van der Waals surface area contributed by atoms with Crippen molar-refractivity contribution in [2.75, 3.05) is 0 Å². The van der Waals surface area contributed by atoms with Gasteiger partial charge in [-0.25, -0.2) is 13.2 Å². The molecule has 4 rings (SSSR count). The molecular weight excluding hydrogens is 462 g/mol. The van der Waals surface area contributed by atoms with Gasteiger partial charge in [-0.2, -0.15) is 13.2 Å². The largest absolute Gasteiger partial charge is 0.422 e. The van der Waals surface area contributed by atoms with Gasteiger partial charge in [0, 0.05) is 10.9 Å². The molecule has 0 N–H and O–H groups in total. The Morgan fingerprint density at radius 3 is 2.06 bits per heavy atom. The monoisotopic (exact) mass is 480 g/mol. The lowest BCUT2D eigenvalue weighted by Crippen LogP contribution is -2.11. The van der Waals surface area contributed by atoms with Crippen LogP contribution >= 0.6 is 0 Å². The van der Waals surface area contributed by atoms with Gasteiger partial charge in [0.1, 0.15) is 23.0 Å². The van der Waals surface area contributed by atoms with Crippen LogP contribution in [-0.2, 0) is 12.6 Å². The Kier molecular flexibility index (Phi) is 6.70. The van der Waals surface area contributed by atoms with Gasteiger partial charge < -0.3 is 0 Å². The maximum atomic E-state index is 15.0. The molecule has 0 fully saturated rings. The summed E-state index contributed by atoms with van der Waals surface area (Å²) < 4.78 is 80.8. The molecule has 0 nitrogen and oxygen atoms in total. The predicted molar refractivity (Wildman–Crippen MR) is 125 cm³/mol. The number of alkyl halides is 3. The normalized spacial score (nSPS) is 11.3. The van der Waals surface area contributed by atoms with E-state index in [0.717, 1.165) is 24.0 Å². The summed E-state index contributed by atoms with van der Waals surface area (Å²) in [7, 11) is 0. The van der Waals surface area contributed by atoms with Gasteiger partial charge in [-0.15, -0.1) is 6.58 Å². The second-order valence-corrected chi connectivity index (χ2v) is 7.95. The summed E-state index contributed by atoms with van der Waals surface area (Å²) >= 11 is 0. The van der Waals surface area contributed by atoms with Crippen molar-refractivity contribution in [2.24, 2.45) is 0 Å². The molecule has 0 spiro atoms. The summed E-state index contributed by atoms with van der Waals surface area (Å²) in [6.45, 7) is 3.72. The highest BCUT2D eigenvalue weighted by molar-refractivity contribution is 5.89. The van der Waals surface area contributed by atoms with Crippen LogP contribution in [0.3, 0.4) is 0 Å². The standard InChI is InChI=1S/C29H18F6/c1-2-3-4-18-5-8-20(9-6-18)22-13-14-24-23(17-22)12-11-21(28(24)32)10-7-19-15-25(30)27(26(31)16-19)29(33,34)35/h2,5-6,8-9,11-17H,1,3-4H2. The zero-order valence-corrected chi connectivity index (χ0v) is 18.3. The topological polar surface area (TPSA) is 0 Å². The molecule has 0 radical (unpaired) electrons. The third kappa shape index (κ3) is 5.25. The molecule has 0 heterocycles. The van der Waals surface area contributed by atoms with Crippen LogP contribution in [0.15, 0.2) is 79.4 Å². The molecule has 4 aromatic carbocycles. The minimum absolute atomic E-state index is 0.0439. The number of halogens is 6. The van der Waals surface area contributed by atoms with E-state index in [4.69, 9.17) is 0 Å². The quantitative estimate of drug-likeness (QED) is 0.156. The van der Waals surface area contributed by atoms with E-state index in [1.54, 1.807) is 18.2 Å². The molecule has 0 aliphatic heterocycles. The molecule has 0 unspecified atom stereocenters. The molecule has 35 heavy (non-hydrogen) atoms. The maximum Gasteiger partial charge on any atom is 0.422 e. The molecule has 0 atom stereocenters. The van der Waals surface area contributed by atoms with Crippen molar-refractivity contribution in [2.45, 2.75) is 19.0 Å². The molecule has 176 valence electrons. The minimum atomic E-state index is -5.17. The number of hydrogen-bond acceptors (Lipinski definition) is 0. The molecule has 0 bridgehead atoms. The first-order chi connectivity index (χ1) is 16.7. The van der Waals surface area contributed by atoms with E-state index in [1.807, 2.05) is 36.4 Å². The fourth-order valence-electron chi connectivity index (χ4n) is 3.76. The lowest BCUT2D eigenvalue weighted by atomic mass is 9.98. The lowest BCUT2D eigenvalue weighted by Gasteiger charge is -2.09. The summed E-state index contributed by atoms with van der Waals surface area (Å²) in [5, 5.41) is 0.931. The summed E-state index contributed by atoms with van der Waals surface area (Å²) in [6, 6.07) is 17.4. The molecule has 0 aliphatic carbocycles. The summed E-state index contributed by atoms with van der Waals surface area (Å²) in [5.41, 5.74) is 0.710. The smallest absolute Gasteiger partial charge is 0.206 e. The Morgan fingerprint density at radius 1 is 0.771 bits per heavy atom. The van der Waals surface area contributed by atoms with E-state index in [9.17, 15) is 22.0 Å². The Morgan fingerprint density at radius 2 is 1.43 bits per heavy atom. The fourth-order valence-corrected chi connectivity index (χ4v) is 3.76. The van der Waals surface area contributed by atoms with Crippen molar-refractivity contribution in [3.63, 3.8) is 0 Å². The molecule has 0 aliphatic rings. The van der Waals surface area contributed by atoms with Crippen molar-refractivity contribution in [3.8, 4) is 23.0 Å². The van der Waals surface area contributed by atoms with Gasteiger partial charge in [0.05, 0.1) is 5.56 Å². The van der Waals surface area contributed by atoms with E-state index in [2.05, 4.69) is 18.4 Å². The van der Waals surface area contributed by atoms with Gasteiger partial charge in [-0.1, -0.05) is 60.4 Å². The number of aryl methyl sites for hydroxylation is 1. The van der Waals surface area contributed by atoms with Crippen molar-refractivity contribution < 1.29 is 26.3 Å². The second-order valence-electron chi connectivity index (χ2n) is 7.95. The predicted octanol–water partition coefficient (Wildman–Crippen LogP) is 8.46. The zero-order valence-electron chi connectivity index (χ0n) is 18.3. The van der Waals surface area contributed by atoms with Crippen molar-refractivity contribution in [3.05, 3.63) is 119 Å². The SMILES string of the molecule is C=CCCc1ccc(-c2ccc3c(F)c(C#Cc4cc(F)c(C(F)(F)F)c(F)c4)ccc3c2)cc1. The highest BCUT2D eigenvalue weighted by Crippen LogP contribution is 2.34. The van der Waals surface area contributed by atoms with Crippen LogP contribution in [0.1, 0.15) is 28.7 Å². The van der Waals surface area contributed by atoms with Crippen molar-refractivity contribution in [1.29, 1.82) is 0 Å². The summed E-state index contributed by atoms with van der Waals surface area (Å²) in [4.78, 5) is 0. The first-order valence-corrected chi connectivity index (χ1v) is 10.7. The number of fused-ring (bicyclic) bond motifs is 1. The van der Waals surface area contributed by atoms with E-state index >= 15 is 4.39 Å². The van der Waals surface area contributed by atoms with Crippen molar-refractivity contribution >= 4 is 10.8 Å². The van der Waals surface area contributed by atoms with Crippen LogP contribution in [0.2, 0.25) is 0 Å². The molecular formula is C29H18F6. The van der Waals surface area contributed by atoms with Gasteiger partial charge >= 0.3 is 6.18 Å². The Hall–Kier alpha value is -3.98. The van der Waals surface area contributed by atoms with Gasteiger partial charge in [0.15, 0.2) is 0 Å². The number of allylic oxidation sites excluding steroid dienone is 1. The van der Waals surface area contributed by atoms with E-state index in [0.29, 0.717) is 22.9 Å². The van der Waals surface area contributed by atoms with Gasteiger partial charge in [0.25, 0.3) is 0 Å². The van der Waals surface area contributed by atoms with E-state index < -0.39 is 29.2 Å². The molecule has 4 aromatic rings. The fraction of sp³-hybridized carbons (Fsp3) is 0.103. The molecule has 0 aromatic heterocycles. The first-order valence-electron chi connectivity index (χ1n) is 10.7.